The van der Waals surface area contributed by atoms with Gasteiger partial charge in [-0.05, 0) is 32.6 Å². The molecule has 1 spiro atoms. The average Bonchev–Trinajstić information content (AvgIpc) is 3.03. The minimum absolute atomic E-state index is 0.122. The summed E-state index contributed by atoms with van der Waals surface area (Å²) in [7, 11) is 0. The normalized spacial score (nSPS) is 54.0. The molecule has 3 fully saturated rings. The number of hydrogen-bond donors (Lipinski definition) is 0. The van der Waals surface area contributed by atoms with E-state index >= 15 is 0 Å². The highest BCUT2D eigenvalue weighted by Gasteiger charge is 2.75. The Morgan fingerprint density at radius 1 is 1.45 bits per heavy atom. The van der Waals surface area contributed by atoms with Gasteiger partial charge >= 0.3 is 5.97 Å². The third-order valence-electron chi connectivity index (χ3n) is 6.16. The van der Waals surface area contributed by atoms with Crippen LogP contribution in [0.15, 0.2) is 12.2 Å². The molecule has 5 unspecified atom stereocenters. The predicted molar refractivity (Wildman–Crippen MR) is 90.4 cm³/mol. The van der Waals surface area contributed by atoms with E-state index in [0.717, 1.165) is 18.4 Å². The van der Waals surface area contributed by atoms with Crippen molar-refractivity contribution in [3.8, 4) is 0 Å². The van der Waals surface area contributed by atoms with E-state index in [-0.39, 0.29) is 34.0 Å². The van der Waals surface area contributed by atoms with Gasteiger partial charge in [-0.25, -0.2) is 0 Å². The number of esters is 1. The number of epoxide rings is 1. The van der Waals surface area contributed by atoms with Gasteiger partial charge in [0, 0.05) is 18.2 Å². The van der Waals surface area contributed by atoms with E-state index in [1.54, 1.807) is 0 Å². The van der Waals surface area contributed by atoms with E-state index in [4.69, 9.17) is 21.1 Å². The molecule has 1 saturated heterocycles. The van der Waals surface area contributed by atoms with Gasteiger partial charge in [0.05, 0.1) is 16.4 Å². The van der Waals surface area contributed by atoms with Crippen molar-refractivity contribution in [1.29, 1.82) is 0 Å². The van der Waals surface area contributed by atoms with Gasteiger partial charge in [0.15, 0.2) is 0 Å². The van der Waals surface area contributed by atoms with Gasteiger partial charge in [-0.1, -0.05) is 35.0 Å². The molecule has 22 heavy (non-hydrogen) atoms. The van der Waals surface area contributed by atoms with Crippen LogP contribution in [0.25, 0.3) is 0 Å². The van der Waals surface area contributed by atoms with Crippen molar-refractivity contribution in [2.45, 2.75) is 74.5 Å². The molecule has 1 heterocycles. The molecule has 0 bridgehead atoms. The van der Waals surface area contributed by atoms with Gasteiger partial charge in [-0.3, -0.25) is 4.79 Å². The van der Waals surface area contributed by atoms with Crippen LogP contribution in [0.2, 0.25) is 0 Å². The lowest BCUT2D eigenvalue weighted by molar-refractivity contribution is -0.160. The standard InChI is InChI=1S/C17H24BrClO3/c1-9-6-13-16(5,22-13)17(10(9)2)7-12(18)15(4,19)8-14(17)21-11(3)20/h9,12-14H,2,6-8H2,1,3-5H3/t9-,12?,13?,14?,15?,16+,17?/m0/s1. The average molecular weight is 392 g/mol. The summed E-state index contributed by atoms with van der Waals surface area (Å²) in [5.74, 6) is 0.0923. The number of alkyl halides is 2. The molecule has 3 aliphatic rings. The molecule has 1 aliphatic heterocycles. The second-order valence-electron chi connectivity index (χ2n) is 7.60. The van der Waals surface area contributed by atoms with Gasteiger partial charge in [0.2, 0.25) is 0 Å². The summed E-state index contributed by atoms with van der Waals surface area (Å²) in [5.41, 5.74) is 0.492. The number of halogens is 2. The highest BCUT2D eigenvalue weighted by Crippen LogP contribution is 2.68. The fourth-order valence-electron chi connectivity index (χ4n) is 4.64. The van der Waals surface area contributed by atoms with Crippen LogP contribution in [0, 0.1) is 11.3 Å². The fourth-order valence-corrected chi connectivity index (χ4v) is 5.56. The molecular formula is C17H24BrClO3. The zero-order valence-electron chi connectivity index (χ0n) is 13.6. The summed E-state index contributed by atoms with van der Waals surface area (Å²) < 4.78 is 11.9. The molecule has 2 aliphatic carbocycles. The number of carbonyl (C=O) groups excluding carboxylic acids is 1. The van der Waals surface area contributed by atoms with Gasteiger partial charge in [-0.2, -0.15) is 0 Å². The Morgan fingerprint density at radius 2 is 2.09 bits per heavy atom. The summed E-state index contributed by atoms with van der Waals surface area (Å²) in [6, 6.07) is 0. The number of rotatable bonds is 1. The summed E-state index contributed by atoms with van der Waals surface area (Å²) >= 11 is 10.4. The van der Waals surface area contributed by atoms with E-state index in [1.165, 1.54) is 6.92 Å². The van der Waals surface area contributed by atoms with Crippen LogP contribution in [0.3, 0.4) is 0 Å². The largest absolute Gasteiger partial charge is 0.461 e. The Kier molecular flexibility index (Phi) is 3.79. The number of carbonyl (C=O) groups is 1. The van der Waals surface area contributed by atoms with Crippen molar-refractivity contribution in [2.75, 3.05) is 0 Å². The lowest BCUT2D eigenvalue weighted by Gasteiger charge is -2.55. The van der Waals surface area contributed by atoms with Crippen molar-refractivity contribution in [3.05, 3.63) is 12.2 Å². The van der Waals surface area contributed by atoms with Crippen LogP contribution in [0.1, 0.15) is 47.0 Å². The van der Waals surface area contributed by atoms with Crippen LogP contribution in [-0.4, -0.2) is 33.5 Å². The van der Waals surface area contributed by atoms with Gasteiger partial charge in [-0.15, -0.1) is 11.6 Å². The molecule has 0 aromatic carbocycles. The SMILES string of the molecule is C=C1[C@@H](C)CC2O[C@@]2(C)C12CC(Br)C(C)(Cl)CC2OC(C)=O. The topological polar surface area (TPSA) is 38.8 Å². The molecular weight excluding hydrogens is 368 g/mol. The van der Waals surface area contributed by atoms with Crippen molar-refractivity contribution in [2.24, 2.45) is 11.3 Å². The maximum atomic E-state index is 11.7. The third-order valence-corrected chi connectivity index (χ3v) is 8.18. The van der Waals surface area contributed by atoms with Crippen LogP contribution >= 0.6 is 27.5 Å². The lowest BCUT2D eigenvalue weighted by Crippen LogP contribution is -2.61. The van der Waals surface area contributed by atoms with Gasteiger partial charge < -0.3 is 9.47 Å². The second kappa shape index (κ2) is 4.97. The molecule has 5 heteroatoms. The lowest BCUT2D eigenvalue weighted by atomic mass is 9.52. The van der Waals surface area contributed by atoms with Crippen LogP contribution < -0.4 is 0 Å². The van der Waals surface area contributed by atoms with E-state index < -0.39 is 4.87 Å². The van der Waals surface area contributed by atoms with Crippen molar-refractivity contribution in [1.82, 2.24) is 0 Å². The smallest absolute Gasteiger partial charge is 0.302 e. The molecule has 3 nitrogen and oxygen atoms in total. The maximum Gasteiger partial charge on any atom is 0.302 e. The Hall–Kier alpha value is -0.0600. The van der Waals surface area contributed by atoms with Crippen LogP contribution in [-0.2, 0) is 14.3 Å². The molecule has 0 aromatic heterocycles. The highest BCUT2D eigenvalue weighted by atomic mass is 79.9. The molecule has 0 aromatic rings. The first-order valence-corrected chi connectivity index (χ1v) is 9.21. The number of ether oxygens (including phenoxy) is 2. The molecule has 0 N–H and O–H groups in total. The molecule has 7 atom stereocenters. The Bertz CT molecular complexity index is 534. The predicted octanol–water partition coefficient (Wildman–Crippen LogP) is 4.21. The van der Waals surface area contributed by atoms with Crippen molar-refractivity contribution >= 4 is 33.5 Å². The quantitative estimate of drug-likeness (QED) is 0.291. The Labute approximate surface area is 145 Å². The minimum atomic E-state index is -0.451. The first kappa shape index (κ1) is 16.8. The van der Waals surface area contributed by atoms with E-state index in [1.807, 2.05) is 6.92 Å². The van der Waals surface area contributed by atoms with E-state index in [2.05, 4.69) is 36.4 Å². The summed E-state index contributed by atoms with van der Waals surface area (Å²) in [4.78, 5) is 11.4. The fraction of sp³-hybridized carbons (Fsp3) is 0.824. The number of hydrogen-bond acceptors (Lipinski definition) is 3. The van der Waals surface area contributed by atoms with Gasteiger partial charge in [0.1, 0.15) is 11.7 Å². The first-order chi connectivity index (χ1) is 10.0. The van der Waals surface area contributed by atoms with Crippen LogP contribution in [0.5, 0.6) is 0 Å². The zero-order chi connectivity index (χ0) is 16.5. The number of fused-ring (bicyclic) bond motifs is 2. The molecule has 124 valence electrons. The third kappa shape index (κ3) is 2.13. The Balaban J connectivity index is 2.07. The maximum absolute atomic E-state index is 11.7. The highest BCUT2D eigenvalue weighted by molar-refractivity contribution is 9.09. The van der Waals surface area contributed by atoms with Crippen molar-refractivity contribution in [3.63, 3.8) is 0 Å². The Morgan fingerprint density at radius 3 is 2.68 bits per heavy atom. The molecule has 0 radical (unpaired) electrons. The molecule has 0 amide bonds. The van der Waals surface area contributed by atoms with Crippen LogP contribution in [0.4, 0.5) is 0 Å². The summed E-state index contributed by atoms with van der Waals surface area (Å²) in [6.07, 6.45) is 2.31. The molecule has 3 rings (SSSR count). The van der Waals surface area contributed by atoms with Crippen molar-refractivity contribution < 1.29 is 14.3 Å². The first-order valence-electron chi connectivity index (χ1n) is 7.92. The minimum Gasteiger partial charge on any atom is -0.461 e. The summed E-state index contributed by atoms with van der Waals surface area (Å²) in [6.45, 7) is 12.2. The van der Waals surface area contributed by atoms with E-state index in [9.17, 15) is 4.79 Å². The summed E-state index contributed by atoms with van der Waals surface area (Å²) in [5, 5.41) is 0. The van der Waals surface area contributed by atoms with E-state index in [0.29, 0.717) is 12.3 Å². The van der Waals surface area contributed by atoms with Gasteiger partial charge in [0.25, 0.3) is 0 Å². The zero-order valence-corrected chi connectivity index (χ0v) is 16.0. The monoisotopic (exact) mass is 390 g/mol. The molecule has 2 saturated carbocycles. The second-order valence-corrected chi connectivity index (χ2v) is 9.57.